The van der Waals surface area contributed by atoms with Gasteiger partial charge in [0.25, 0.3) is 0 Å². The Bertz CT molecular complexity index is 1980. The second-order valence-electron chi connectivity index (χ2n) is 13.3. The van der Waals surface area contributed by atoms with Crippen molar-refractivity contribution in [3.8, 4) is 17.3 Å². The smallest absolute Gasteiger partial charge is 0.319 e. The number of pyridine rings is 1. The number of rotatable bonds is 3. The average Bonchev–Trinajstić information content (AvgIpc) is 3.83. The van der Waals surface area contributed by atoms with Gasteiger partial charge in [-0.3, -0.25) is 19.7 Å². The van der Waals surface area contributed by atoms with E-state index in [1.54, 1.807) is 18.7 Å². The van der Waals surface area contributed by atoms with Crippen molar-refractivity contribution in [1.82, 2.24) is 44.8 Å². The Labute approximate surface area is 268 Å². The maximum atomic E-state index is 17.0. The molecule has 0 radical (unpaired) electrons. The summed E-state index contributed by atoms with van der Waals surface area (Å²) in [5.74, 6) is 1.10. The van der Waals surface area contributed by atoms with E-state index < -0.39 is 12.0 Å². The predicted octanol–water partition coefficient (Wildman–Crippen LogP) is 4.92. The van der Waals surface area contributed by atoms with Crippen LogP contribution in [0, 0.1) is 11.7 Å². The summed E-state index contributed by atoms with van der Waals surface area (Å²) >= 11 is 6.86. The molecule has 5 aliphatic rings. The van der Waals surface area contributed by atoms with Gasteiger partial charge in [0.1, 0.15) is 36.1 Å². The summed E-state index contributed by atoms with van der Waals surface area (Å²) in [6.45, 7) is 3.50. The largest absolute Gasteiger partial charge is 0.461 e. The van der Waals surface area contributed by atoms with Gasteiger partial charge in [0.2, 0.25) is 0 Å². The van der Waals surface area contributed by atoms with Gasteiger partial charge in [-0.25, -0.2) is 13.8 Å². The van der Waals surface area contributed by atoms with E-state index >= 15 is 4.39 Å². The molecule has 1 unspecified atom stereocenters. The topological polar surface area (TPSA) is 114 Å². The molecule has 0 aliphatic carbocycles. The summed E-state index contributed by atoms with van der Waals surface area (Å²) in [5, 5.41) is 13.7. The van der Waals surface area contributed by atoms with E-state index in [0.717, 1.165) is 56.6 Å². The highest BCUT2D eigenvalue weighted by atomic mass is 35.5. The van der Waals surface area contributed by atoms with Gasteiger partial charge in [0.15, 0.2) is 11.6 Å². The fourth-order valence-corrected chi connectivity index (χ4v) is 8.51. The lowest BCUT2D eigenvalue weighted by molar-refractivity contribution is 0.107. The summed E-state index contributed by atoms with van der Waals surface area (Å²) in [6.07, 6.45) is 9.66. The first kappa shape index (κ1) is 28.3. The fraction of sp³-hybridized carbons (Fsp3) is 0.500. The molecule has 1 aromatic carbocycles. The number of halogens is 3. The van der Waals surface area contributed by atoms with Crippen LogP contribution in [0.5, 0.6) is 6.01 Å². The minimum absolute atomic E-state index is 0.0884. The summed E-state index contributed by atoms with van der Waals surface area (Å²) in [4.78, 5) is 23.3. The Kier molecular flexibility index (Phi) is 6.64. The van der Waals surface area contributed by atoms with E-state index in [-0.39, 0.29) is 29.4 Å². The number of aryl methyl sites for hydroxylation is 1. The molecule has 0 spiro atoms. The Hall–Kier alpha value is -3.97. The highest BCUT2D eigenvalue weighted by Crippen LogP contribution is 2.42. The van der Waals surface area contributed by atoms with Gasteiger partial charge >= 0.3 is 6.01 Å². The molecule has 0 saturated carbocycles. The zero-order valence-corrected chi connectivity index (χ0v) is 26.0. The third-order valence-electron chi connectivity index (χ3n) is 10.4. The normalized spacial score (nSPS) is 24.7. The van der Waals surface area contributed by atoms with E-state index in [4.69, 9.17) is 31.4 Å². The van der Waals surface area contributed by atoms with Crippen LogP contribution >= 0.6 is 11.6 Å². The Balaban J connectivity index is 1.22. The van der Waals surface area contributed by atoms with Crippen molar-refractivity contribution in [2.45, 2.75) is 63.2 Å². The number of aromatic amines is 1. The lowest BCUT2D eigenvalue weighted by atomic mass is 9.94. The van der Waals surface area contributed by atoms with Crippen molar-refractivity contribution in [3.05, 3.63) is 47.0 Å². The highest BCUT2D eigenvalue weighted by molar-refractivity contribution is 6.33. The minimum atomic E-state index is -0.882. The van der Waals surface area contributed by atoms with Crippen molar-refractivity contribution in [2.24, 2.45) is 5.92 Å². The van der Waals surface area contributed by atoms with Gasteiger partial charge in [0.05, 0.1) is 22.6 Å². The van der Waals surface area contributed by atoms with Gasteiger partial charge in [-0.1, -0.05) is 11.6 Å². The summed E-state index contributed by atoms with van der Waals surface area (Å²) < 4.78 is 39.7. The maximum Gasteiger partial charge on any atom is 0.319 e. The minimum Gasteiger partial charge on any atom is -0.461 e. The number of aromatic nitrogens is 8. The van der Waals surface area contributed by atoms with Crippen LogP contribution in [-0.4, -0.2) is 89.3 Å². The molecule has 5 aliphatic heterocycles. The SMILES string of the molecule is Fc1c2ncc3c(nc(OC[C@@]45CCCN4C[C@H](F)C5)nc13)N1CCCC(Cc3ncn(n3)CCc3c(Cl)cc4[nH]ncc4c3-2)C1. The summed E-state index contributed by atoms with van der Waals surface area (Å²) in [6, 6.07) is 1.90. The molecular weight excluding hydrogens is 614 g/mol. The third kappa shape index (κ3) is 4.61. The highest BCUT2D eigenvalue weighted by Gasteiger charge is 2.49. The number of fused-ring (bicyclic) bond motifs is 4. The number of H-pyrrole nitrogens is 1. The molecule has 14 heteroatoms. The zero-order valence-electron chi connectivity index (χ0n) is 25.2. The first-order chi connectivity index (χ1) is 22.4. The second kappa shape index (κ2) is 10.8. The quantitative estimate of drug-likeness (QED) is 0.292. The molecule has 11 nitrogen and oxygen atoms in total. The van der Waals surface area contributed by atoms with Crippen LogP contribution < -0.4 is 9.64 Å². The van der Waals surface area contributed by atoms with Crippen molar-refractivity contribution < 1.29 is 13.5 Å². The molecule has 1 N–H and O–H groups in total. The predicted molar refractivity (Wildman–Crippen MR) is 168 cm³/mol. The lowest BCUT2D eigenvalue weighted by Gasteiger charge is -2.34. The van der Waals surface area contributed by atoms with Crippen molar-refractivity contribution in [2.75, 3.05) is 37.7 Å². The maximum absolute atomic E-state index is 17.0. The number of nitrogens with one attached hydrogen (secondary N) is 1. The van der Waals surface area contributed by atoms with Gasteiger partial charge in [-0.15, -0.1) is 0 Å². The molecule has 238 valence electrons. The first-order valence-electron chi connectivity index (χ1n) is 16.1. The molecule has 46 heavy (non-hydrogen) atoms. The van der Waals surface area contributed by atoms with Gasteiger partial charge < -0.3 is 9.64 Å². The van der Waals surface area contributed by atoms with Crippen molar-refractivity contribution in [1.29, 1.82) is 0 Å². The van der Waals surface area contributed by atoms with E-state index in [9.17, 15) is 4.39 Å². The van der Waals surface area contributed by atoms with E-state index in [2.05, 4.69) is 30.0 Å². The van der Waals surface area contributed by atoms with Crippen LogP contribution in [0.3, 0.4) is 0 Å². The lowest BCUT2D eigenvalue weighted by Crippen LogP contribution is -2.43. The van der Waals surface area contributed by atoms with Crippen molar-refractivity contribution >= 4 is 39.2 Å². The van der Waals surface area contributed by atoms with E-state index in [1.807, 2.05) is 10.7 Å². The van der Waals surface area contributed by atoms with Gasteiger partial charge in [-0.2, -0.15) is 20.2 Å². The third-order valence-corrected chi connectivity index (χ3v) is 10.7. The van der Waals surface area contributed by atoms with Crippen LogP contribution in [0.15, 0.2) is 24.8 Å². The fourth-order valence-electron chi connectivity index (χ4n) is 8.21. The number of benzene rings is 1. The molecule has 4 aromatic heterocycles. The number of piperidine rings is 1. The first-order valence-corrected chi connectivity index (χ1v) is 16.5. The Morgan fingerprint density at radius 3 is 2.96 bits per heavy atom. The number of alkyl halides is 1. The zero-order chi connectivity index (χ0) is 31.0. The number of hydrogen-bond donors (Lipinski definition) is 1. The molecule has 3 atom stereocenters. The molecule has 8 bridgehead atoms. The molecule has 0 amide bonds. The molecule has 10 rings (SSSR count). The average molecular weight is 647 g/mol. The molecule has 5 aromatic rings. The Morgan fingerprint density at radius 1 is 1.09 bits per heavy atom. The molecule has 3 saturated heterocycles. The number of ether oxygens (including phenoxy) is 1. The van der Waals surface area contributed by atoms with Crippen LogP contribution in [-0.2, 0) is 19.4 Å². The summed E-state index contributed by atoms with van der Waals surface area (Å²) in [7, 11) is 0. The monoisotopic (exact) mass is 646 g/mol. The van der Waals surface area contributed by atoms with Gasteiger partial charge in [0, 0.05) is 61.2 Å². The molecular formula is C32H33ClF2N10O. The van der Waals surface area contributed by atoms with Crippen LogP contribution in [0.1, 0.15) is 43.5 Å². The summed E-state index contributed by atoms with van der Waals surface area (Å²) in [5.41, 5.74) is 1.85. The number of nitrogens with zero attached hydrogens (tertiary/aromatic N) is 9. The van der Waals surface area contributed by atoms with E-state index in [0.29, 0.717) is 71.1 Å². The Morgan fingerprint density at radius 2 is 2.02 bits per heavy atom. The van der Waals surface area contributed by atoms with E-state index in [1.165, 1.54) is 0 Å². The van der Waals surface area contributed by atoms with Gasteiger partial charge in [-0.05, 0) is 56.2 Å². The molecule has 3 fully saturated rings. The standard InChI is InChI=1S/C32H33ClF2N10O/c33-23-10-24-21(13-38-41-24)26-20(23)4-8-45-17-37-25(42-45)9-18-3-1-6-43(14-18)30-22-12-36-29(26)27(35)28(22)39-31(40-30)46-16-32-5-2-7-44(32)15-19(34)11-32/h10,12-13,17-19H,1-9,11,14-16H2,(H,38,41)/t18?,19-,32+/m1/s1. The van der Waals surface area contributed by atoms with Crippen LogP contribution in [0.25, 0.3) is 33.1 Å². The second-order valence-corrected chi connectivity index (χ2v) is 13.7. The number of hydrogen-bond acceptors (Lipinski definition) is 9. The van der Waals surface area contributed by atoms with Crippen LogP contribution in [0.2, 0.25) is 5.02 Å². The number of anilines is 1. The van der Waals surface area contributed by atoms with Crippen LogP contribution in [0.4, 0.5) is 14.6 Å². The molecule has 9 heterocycles. The van der Waals surface area contributed by atoms with Crippen molar-refractivity contribution in [3.63, 3.8) is 0 Å².